The molecule has 2 amide bonds. The van der Waals surface area contributed by atoms with Crippen molar-refractivity contribution in [1.82, 2.24) is 10.6 Å². The summed E-state index contributed by atoms with van der Waals surface area (Å²) in [6, 6.07) is 11.8. The molecular weight excluding hydrogens is 432 g/mol. The van der Waals surface area contributed by atoms with Crippen LogP contribution in [0.5, 0.6) is 11.5 Å². The van der Waals surface area contributed by atoms with E-state index in [0.29, 0.717) is 30.1 Å². The van der Waals surface area contributed by atoms with E-state index >= 15 is 0 Å². The van der Waals surface area contributed by atoms with Gasteiger partial charge in [0.05, 0.1) is 19.4 Å². The third-order valence-electron chi connectivity index (χ3n) is 4.67. The van der Waals surface area contributed by atoms with Crippen LogP contribution in [0, 0.1) is 5.41 Å². The average molecular weight is 464 g/mol. The van der Waals surface area contributed by atoms with Gasteiger partial charge in [-0.15, -0.1) is 0 Å². The Morgan fingerprint density at radius 1 is 1.19 bits per heavy atom. The van der Waals surface area contributed by atoms with Crippen molar-refractivity contribution < 1.29 is 23.0 Å². The maximum absolute atomic E-state index is 12.2. The molecule has 2 unspecified atom stereocenters. The van der Waals surface area contributed by atoms with Gasteiger partial charge in [-0.3, -0.25) is 4.21 Å². The molecule has 2 atom stereocenters. The van der Waals surface area contributed by atoms with E-state index in [0.717, 1.165) is 11.3 Å². The van der Waals surface area contributed by atoms with E-state index < -0.39 is 22.7 Å². The highest BCUT2D eigenvalue weighted by Gasteiger charge is 2.22. The van der Waals surface area contributed by atoms with Crippen LogP contribution in [0.2, 0.25) is 0 Å². The minimum Gasteiger partial charge on any atom is -0.755 e. The van der Waals surface area contributed by atoms with Gasteiger partial charge in [-0.05, 0) is 36.8 Å². The summed E-state index contributed by atoms with van der Waals surface area (Å²) < 4.78 is 35.5. The summed E-state index contributed by atoms with van der Waals surface area (Å²) in [5, 5.41) is 5.67. The monoisotopic (exact) mass is 463 g/mol. The third kappa shape index (κ3) is 8.03. The Balaban J connectivity index is 1.89. The molecule has 176 valence electrons. The molecule has 0 aromatic heterocycles. The van der Waals surface area contributed by atoms with Crippen molar-refractivity contribution in [2.75, 3.05) is 25.0 Å². The molecule has 10 heteroatoms. The molecule has 0 saturated carbocycles. The number of hydrogen-bond acceptors (Lipinski definition) is 6. The molecule has 0 bridgehead atoms. The largest absolute Gasteiger partial charge is 0.755 e. The van der Waals surface area contributed by atoms with Gasteiger partial charge in [0, 0.05) is 41.4 Å². The first-order valence-electron chi connectivity index (χ1n) is 10.1. The Morgan fingerprint density at radius 2 is 1.88 bits per heavy atom. The Bertz CT molecular complexity index is 919. The summed E-state index contributed by atoms with van der Waals surface area (Å²) in [5.41, 5.74) is 7.54. The third-order valence-corrected chi connectivity index (χ3v) is 5.06. The fourth-order valence-corrected chi connectivity index (χ4v) is 3.31. The van der Waals surface area contributed by atoms with Crippen molar-refractivity contribution in [3.63, 3.8) is 0 Å². The average Bonchev–Trinajstić information content (AvgIpc) is 2.74. The Kier molecular flexibility index (Phi) is 9.30. The zero-order valence-electron chi connectivity index (χ0n) is 18.8. The van der Waals surface area contributed by atoms with Gasteiger partial charge in [0.1, 0.15) is 11.5 Å². The second kappa shape index (κ2) is 11.7. The van der Waals surface area contributed by atoms with Crippen LogP contribution in [0.1, 0.15) is 37.9 Å². The topological polar surface area (TPSA) is 138 Å². The number of carbonyl (C=O) groups excluding carboxylic acids is 1. The highest BCUT2D eigenvalue weighted by molar-refractivity contribution is 7.80. The highest BCUT2D eigenvalue weighted by Crippen LogP contribution is 2.32. The molecule has 32 heavy (non-hydrogen) atoms. The number of benzene rings is 2. The summed E-state index contributed by atoms with van der Waals surface area (Å²) in [4.78, 5) is 12.2. The van der Waals surface area contributed by atoms with Crippen LogP contribution >= 0.6 is 0 Å². The zero-order valence-corrected chi connectivity index (χ0v) is 19.6. The number of amides is 2. The molecule has 0 radical (unpaired) electrons. The second-order valence-electron chi connectivity index (χ2n) is 8.18. The van der Waals surface area contributed by atoms with E-state index in [-0.39, 0.29) is 12.6 Å². The Morgan fingerprint density at radius 3 is 2.47 bits per heavy atom. The summed E-state index contributed by atoms with van der Waals surface area (Å²) >= 11 is -2.47. The Hall–Kier alpha value is -2.82. The molecule has 0 aliphatic carbocycles. The number of anilines is 1. The molecule has 0 aliphatic rings. The second-order valence-corrected chi connectivity index (χ2v) is 8.85. The van der Waals surface area contributed by atoms with E-state index in [4.69, 9.17) is 15.2 Å². The number of carbonyl (C=O) groups is 1. The molecule has 2 aromatic rings. The van der Waals surface area contributed by atoms with Gasteiger partial charge in [0.2, 0.25) is 0 Å². The molecule has 0 aliphatic heterocycles. The lowest BCUT2D eigenvalue weighted by molar-refractivity contribution is 0.173. The van der Waals surface area contributed by atoms with E-state index in [9.17, 15) is 13.6 Å². The minimum absolute atomic E-state index is 0.283. The number of rotatable bonds is 11. The van der Waals surface area contributed by atoms with Gasteiger partial charge >= 0.3 is 6.03 Å². The quantitative estimate of drug-likeness (QED) is 0.378. The van der Waals surface area contributed by atoms with Crippen molar-refractivity contribution >= 4 is 23.0 Å². The van der Waals surface area contributed by atoms with Gasteiger partial charge in [-0.25, -0.2) is 4.79 Å². The number of nitrogens with one attached hydrogen (secondary N) is 3. The summed E-state index contributed by atoms with van der Waals surface area (Å²) in [6.07, 6.45) is 0. The maximum Gasteiger partial charge on any atom is 0.315 e. The Labute approximate surface area is 191 Å². The van der Waals surface area contributed by atoms with Crippen LogP contribution in [0.25, 0.3) is 0 Å². The molecule has 5 N–H and O–H groups in total. The first-order chi connectivity index (χ1) is 15.1. The van der Waals surface area contributed by atoms with Crippen molar-refractivity contribution in [2.45, 2.75) is 33.4 Å². The number of urea groups is 1. The minimum atomic E-state index is -2.47. The lowest BCUT2D eigenvalue weighted by Crippen LogP contribution is -2.42. The fraction of sp³-hybridized carbons (Fsp3) is 0.409. The predicted octanol–water partition coefficient (Wildman–Crippen LogP) is 2.83. The molecule has 0 fully saturated rings. The standard InChI is InChI=1S/C22H32N4O5S/c1-15(23)20-18(26-32(28)29)6-5-7-19(20)31-14-22(2,3)13-25-21(27)24-12-16-8-10-17(30-4)11-9-16/h5-11,15,26H,12-14,23H2,1-4H3,(H,28,29)(H2,24,25,27)/p-1. The molecular formula is C22H31N4O5S-. The van der Waals surface area contributed by atoms with E-state index in [1.165, 1.54) is 0 Å². The van der Waals surface area contributed by atoms with Crippen LogP contribution in [0.4, 0.5) is 10.5 Å². The predicted molar refractivity (Wildman–Crippen MR) is 124 cm³/mol. The number of ether oxygens (including phenoxy) is 2. The zero-order chi connectivity index (χ0) is 23.7. The van der Waals surface area contributed by atoms with Crippen molar-refractivity contribution in [3.8, 4) is 11.5 Å². The summed E-state index contributed by atoms with van der Waals surface area (Å²) in [7, 11) is 1.60. The number of hydrogen-bond donors (Lipinski definition) is 4. The highest BCUT2D eigenvalue weighted by atomic mass is 32.2. The fourth-order valence-electron chi connectivity index (χ4n) is 2.95. The van der Waals surface area contributed by atoms with Crippen molar-refractivity contribution in [1.29, 1.82) is 0 Å². The maximum atomic E-state index is 12.2. The number of nitrogens with two attached hydrogens (primary N) is 1. The normalized spacial score (nSPS) is 13.1. The first-order valence-corrected chi connectivity index (χ1v) is 11.2. The molecule has 0 heterocycles. The van der Waals surface area contributed by atoms with Crippen molar-refractivity contribution in [3.05, 3.63) is 53.6 Å². The molecule has 0 saturated heterocycles. The van der Waals surface area contributed by atoms with E-state index in [2.05, 4.69) is 15.4 Å². The van der Waals surface area contributed by atoms with Crippen LogP contribution in [-0.2, 0) is 17.8 Å². The first kappa shape index (κ1) is 25.4. The van der Waals surface area contributed by atoms with Crippen LogP contribution < -0.4 is 30.6 Å². The smallest absolute Gasteiger partial charge is 0.315 e. The van der Waals surface area contributed by atoms with Gasteiger partial charge in [0.15, 0.2) is 0 Å². The van der Waals surface area contributed by atoms with E-state index in [1.807, 2.05) is 38.1 Å². The van der Waals surface area contributed by atoms with Gasteiger partial charge in [-0.2, -0.15) is 0 Å². The lowest BCUT2D eigenvalue weighted by atomic mass is 9.95. The van der Waals surface area contributed by atoms with Crippen LogP contribution in [-0.4, -0.2) is 35.1 Å². The van der Waals surface area contributed by atoms with Crippen LogP contribution in [0.3, 0.4) is 0 Å². The van der Waals surface area contributed by atoms with E-state index in [1.54, 1.807) is 32.2 Å². The molecule has 0 spiro atoms. The summed E-state index contributed by atoms with van der Waals surface area (Å²) in [5.74, 6) is 1.25. The lowest BCUT2D eigenvalue weighted by Gasteiger charge is -2.27. The van der Waals surface area contributed by atoms with Gasteiger partial charge < -0.3 is 35.1 Å². The van der Waals surface area contributed by atoms with Gasteiger partial charge in [-0.1, -0.05) is 32.0 Å². The molecule has 2 aromatic carbocycles. The van der Waals surface area contributed by atoms with Crippen molar-refractivity contribution in [2.24, 2.45) is 11.1 Å². The summed E-state index contributed by atoms with van der Waals surface area (Å²) in [6.45, 7) is 6.72. The van der Waals surface area contributed by atoms with Gasteiger partial charge in [0.25, 0.3) is 0 Å². The molecule has 2 rings (SSSR count). The SMILES string of the molecule is COc1ccc(CNC(=O)NCC(C)(C)COc2cccc(NS(=O)[O-])c2C(C)N)cc1. The molecule has 9 nitrogen and oxygen atoms in total. The number of methoxy groups -OCH3 is 1. The van der Waals surface area contributed by atoms with Crippen LogP contribution in [0.15, 0.2) is 42.5 Å².